The summed E-state index contributed by atoms with van der Waals surface area (Å²) in [5.74, 6) is 2.21. The van der Waals surface area contributed by atoms with Gasteiger partial charge in [-0.3, -0.25) is 4.79 Å². The Balaban J connectivity index is 1.36. The van der Waals surface area contributed by atoms with Gasteiger partial charge in [0.25, 0.3) is 5.91 Å². The third-order valence-corrected chi connectivity index (χ3v) is 5.85. The zero-order valence-corrected chi connectivity index (χ0v) is 14.5. The van der Waals surface area contributed by atoms with Gasteiger partial charge in [-0.1, -0.05) is 19.1 Å². The summed E-state index contributed by atoms with van der Waals surface area (Å²) in [4.78, 5) is 14.6. The van der Waals surface area contributed by atoms with Crippen molar-refractivity contribution >= 4 is 17.2 Å². The summed E-state index contributed by atoms with van der Waals surface area (Å²) in [6, 6.07) is 9.68. The SMILES string of the molecule is CC1CCc2sc(C(=O)NCC3COc4ccccc4O3)cc2C1. The monoisotopic (exact) mass is 343 g/mol. The van der Waals surface area contributed by atoms with Crippen LogP contribution in [0.3, 0.4) is 0 Å². The zero-order chi connectivity index (χ0) is 16.5. The van der Waals surface area contributed by atoms with Gasteiger partial charge in [0.2, 0.25) is 0 Å². The molecule has 24 heavy (non-hydrogen) atoms. The molecule has 126 valence electrons. The van der Waals surface area contributed by atoms with Crippen molar-refractivity contribution in [2.75, 3.05) is 13.2 Å². The van der Waals surface area contributed by atoms with Crippen LogP contribution < -0.4 is 14.8 Å². The van der Waals surface area contributed by atoms with Crippen molar-refractivity contribution in [1.29, 1.82) is 0 Å². The second-order valence-corrected chi connectivity index (χ2v) is 7.75. The molecule has 2 unspecified atom stereocenters. The van der Waals surface area contributed by atoms with Crippen LogP contribution in [0.25, 0.3) is 0 Å². The average molecular weight is 343 g/mol. The molecule has 0 bridgehead atoms. The predicted octanol–water partition coefficient (Wildman–Crippen LogP) is 3.44. The summed E-state index contributed by atoms with van der Waals surface area (Å²) in [5.41, 5.74) is 1.36. The molecule has 4 rings (SSSR count). The molecule has 2 heterocycles. The molecule has 2 atom stereocenters. The van der Waals surface area contributed by atoms with E-state index in [4.69, 9.17) is 9.47 Å². The number of hydrogen-bond acceptors (Lipinski definition) is 4. The first-order chi connectivity index (χ1) is 11.7. The highest BCUT2D eigenvalue weighted by atomic mass is 32.1. The number of hydrogen-bond donors (Lipinski definition) is 1. The quantitative estimate of drug-likeness (QED) is 0.929. The lowest BCUT2D eigenvalue weighted by Crippen LogP contribution is -2.40. The van der Waals surface area contributed by atoms with Gasteiger partial charge in [-0.2, -0.15) is 0 Å². The first-order valence-electron chi connectivity index (χ1n) is 8.47. The van der Waals surface area contributed by atoms with Crippen LogP contribution in [0.2, 0.25) is 0 Å². The molecule has 0 saturated heterocycles. The van der Waals surface area contributed by atoms with Gasteiger partial charge in [0.1, 0.15) is 12.7 Å². The van der Waals surface area contributed by atoms with E-state index in [1.165, 1.54) is 16.9 Å². The van der Waals surface area contributed by atoms with Crippen LogP contribution in [-0.2, 0) is 12.8 Å². The summed E-state index contributed by atoms with van der Waals surface area (Å²) in [5, 5.41) is 2.99. The number of fused-ring (bicyclic) bond motifs is 2. The van der Waals surface area contributed by atoms with Gasteiger partial charge >= 0.3 is 0 Å². The summed E-state index contributed by atoms with van der Waals surface area (Å²) >= 11 is 1.64. The van der Waals surface area contributed by atoms with Gasteiger partial charge in [0, 0.05) is 4.88 Å². The fourth-order valence-electron chi connectivity index (χ4n) is 3.28. The number of carbonyl (C=O) groups excluding carboxylic acids is 1. The zero-order valence-electron chi connectivity index (χ0n) is 13.7. The Hall–Kier alpha value is -2.01. The van der Waals surface area contributed by atoms with Crippen LogP contribution >= 0.6 is 11.3 Å². The standard InChI is InChI=1S/C19H21NO3S/c1-12-6-7-17-13(8-12)9-18(24-17)19(21)20-10-14-11-22-15-4-2-3-5-16(15)23-14/h2-5,9,12,14H,6-8,10-11H2,1H3,(H,20,21). The van der Waals surface area contributed by atoms with Gasteiger partial charge < -0.3 is 14.8 Å². The first-order valence-corrected chi connectivity index (χ1v) is 9.29. The molecule has 1 N–H and O–H groups in total. The molecule has 2 aliphatic rings. The number of thiophene rings is 1. The summed E-state index contributed by atoms with van der Waals surface area (Å²) in [6.45, 7) is 3.18. The molecule has 0 saturated carbocycles. The Morgan fingerprint density at radius 2 is 2.17 bits per heavy atom. The number of rotatable bonds is 3. The molecule has 0 spiro atoms. The van der Waals surface area contributed by atoms with E-state index in [9.17, 15) is 4.79 Å². The van der Waals surface area contributed by atoms with Crippen LogP contribution in [-0.4, -0.2) is 25.2 Å². The lowest BCUT2D eigenvalue weighted by molar-refractivity contribution is 0.0791. The van der Waals surface area contributed by atoms with E-state index >= 15 is 0 Å². The van der Waals surface area contributed by atoms with Crippen molar-refractivity contribution < 1.29 is 14.3 Å². The van der Waals surface area contributed by atoms with Crippen molar-refractivity contribution in [1.82, 2.24) is 5.32 Å². The highest BCUT2D eigenvalue weighted by Gasteiger charge is 2.23. The van der Waals surface area contributed by atoms with Crippen molar-refractivity contribution in [3.8, 4) is 11.5 Å². The van der Waals surface area contributed by atoms with Gasteiger partial charge in [0.05, 0.1) is 11.4 Å². The molecule has 5 heteroatoms. The van der Waals surface area contributed by atoms with Gasteiger partial charge in [-0.15, -0.1) is 11.3 Å². The van der Waals surface area contributed by atoms with Gasteiger partial charge in [-0.05, 0) is 48.9 Å². The third kappa shape index (κ3) is 3.13. The second kappa shape index (κ2) is 6.48. The molecule has 1 aliphatic carbocycles. The van der Waals surface area contributed by atoms with E-state index in [2.05, 4.69) is 18.3 Å². The van der Waals surface area contributed by atoms with Crippen molar-refractivity contribution in [2.45, 2.75) is 32.3 Å². The Morgan fingerprint density at radius 1 is 1.33 bits per heavy atom. The second-order valence-electron chi connectivity index (χ2n) is 6.61. The van der Waals surface area contributed by atoms with Crippen molar-refractivity contribution in [3.05, 3.63) is 45.6 Å². The maximum atomic E-state index is 12.4. The average Bonchev–Trinajstić information content (AvgIpc) is 3.02. The fourth-order valence-corrected chi connectivity index (χ4v) is 4.40. The number of para-hydroxylation sites is 2. The minimum Gasteiger partial charge on any atom is -0.486 e. The summed E-state index contributed by atoms with van der Waals surface area (Å²) in [6.07, 6.45) is 3.26. The smallest absolute Gasteiger partial charge is 0.261 e. The highest BCUT2D eigenvalue weighted by molar-refractivity contribution is 7.14. The molecule has 1 aromatic heterocycles. The largest absolute Gasteiger partial charge is 0.486 e. The van der Waals surface area contributed by atoms with Crippen LogP contribution in [0, 0.1) is 5.92 Å². The predicted molar refractivity (Wildman–Crippen MR) is 94.2 cm³/mol. The lowest BCUT2D eigenvalue weighted by atomic mass is 9.90. The maximum absolute atomic E-state index is 12.4. The summed E-state index contributed by atoms with van der Waals surface area (Å²) in [7, 11) is 0. The van der Waals surface area contributed by atoms with E-state index in [0.717, 1.165) is 35.1 Å². The number of aryl methyl sites for hydroxylation is 1. The van der Waals surface area contributed by atoms with E-state index in [1.54, 1.807) is 11.3 Å². The molecule has 0 fully saturated rings. The minimum absolute atomic E-state index is 0.00971. The van der Waals surface area contributed by atoms with Gasteiger partial charge in [-0.25, -0.2) is 0 Å². The number of ether oxygens (including phenoxy) is 2. The molecule has 0 radical (unpaired) electrons. The van der Waals surface area contributed by atoms with Crippen molar-refractivity contribution in [2.24, 2.45) is 5.92 Å². The molecule has 1 aromatic carbocycles. The molecular formula is C19H21NO3S. The van der Waals surface area contributed by atoms with Crippen LogP contribution in [0.15, 0.2) is 30.3 Å². The highest BCUT2D eigenvalue weighted by Crippen LogP contribution is 2.32. The molecule has 1 aliphatic heterocycles. The molecule has 4 nitrogen and oxygen atoms in total. The van der Waals surface area contributed by atoms with Crippen LogP contribution in [0.4, 0.5) is 0 Å². The van der Waals surface area contributed by atoms with Crippen LogP contribution in [0.5, 0.6) is 11.5 Å². The number of amides is 1. The molecule has 2 aromatic rings. The van der Waals surface area contributed by atoms with E-state index in [0.29, 0.717) is 13.2 Å². The number of benzene rings is 1. The normalized spacial score (nSPS) is 21.9. The number of nitrogens with one attached hydrogen (secondary N) is 1. The van der Waals surface area contributed by atoms with Gasteiger partial charge in [0.15, 0.2) is 11.5 Å². The number of carbonyl (C=O) groups is 1. The summed E-state index contributed by atoms with van der Waals surface area (Å²) < 4.78 is 11.6. The van der Waals surface area contributed by atoms with Crippen LogP contribution in [0.1, 0.15) is 33.5 Å². The first kappa shape index (κ1) is 15.5. The fraction of sp³-hybridized carbons (Fsp3) is 0.421. The Kier molecular flexibility index (Phi) is 4.19. The molecular weight excluding hydrogens is 322 g/mol. The molecule has 1 amide bonds. The topological polar surface area (TPSA) is 47.6 Å². The van der Waals surface area contributed by atoms with E-state index in [1.807, 2.05) is 24.3 Å². The lowest BCUT2D eigenvalue weighted by Gasteiger charge is -2.26. The van der Waals surface area contributed by atoms with E-state index in [-0.39, 0.29) is 12.0 Å². The van der Waals surface area contributed by atoms with Crippen molar-refractivity contribution in [3.63, 3.8) is 0 Å². The Labute approximate surface area is 145 Å². The Morgan fingerprint density at radius 3 is 3.04 bits per heavy atom. The van der Waals surface area contributed by atoms with E-state index < -0.39 is 0 Å². The Bertz CT molecular complexity index is 755. The third-order valence-electron chi connectivity index (χ3n) is 4.61. The minimum atomic E-state index is -0.154. The maximum Gasteiger partial charge on any atom is 0.261 e.